The SMILES string of the molecule is C.COC(=O)C(Cc1ccc(OC(C)=O)cc1)NC(C)=O. The van der Waals surface area contributed by atoms with Crippen LogP contribution in [0.4, 0.5) is 0 Å². The van der Waals surface area contributed by atoms with Crippen molar-refractivity contribution >= 4 is 17.8 Å². The average Bonchev–Trinajstić information content (AvgIpc) is 2.38. The molecule has 6 nitrogen and oxygen atoms in total. The molecule has 116 valence electrons. The van der Waals surface area contributed by atoms with E-state index in [1.165, 1.54) is 21.0 Å². The molecule has 1 aromatic rings. The van der Waals surface area contributed by atoms with Gasteiger partial charge < -0.3 is 14.8 Å². The number of ether oxygens (including phenoxy) is 2. The second kappa shape index (κ2) is 8.73. The van der Waals surface area contributed by atoms with Crippen molar-refractivity contribution in [2.45, 2.75) is 33.7 Å². The minimum absolute atomic E-state index is 0. The third-order valence-electron chi connectivity index (χ3n) is 2.49. The Morgan fingerprint density at radius 2 is 1.71 bits per heavy atom. The van der Waals surface area contributed by atoms with E-state index in [2.05, 4.69) is 10.1 Å². The summed E-state index contributed by atoms with van der Waals surface area (Å²) in [4.78, 5) is 33.4. The number of benzene rings is 1. The van der Waals surface area contributed by atoms with E-state index in [0.29, 0.717) is 12.2 Å². The number of hydrogen-bond acceptors (Lipinski definition) is 5. The van der Waals surface area contributed by atoms with Gasteiger partial charge in [0.1, 0.15) is 11.8 Å². The Kier molecular flexibility index (Phi) is 7.75. The number of nitrogens with one attached hydrogen (secondary N) is 1. The number of methoxy groups -OCH3 is 1. The van der Waals surface area contributed by atoms with E-state index in [1.807, 2.05) is 0 Å². The normalized spacial score (nSPS) is 10.8. The Bertz CT molecular complexity index is 495. The summed E-state index contributed by atoms with van der Waals surface area (Å²) < 4.78 is 9.55. The smallest absolute Gasteiger partial charge is 0.328 e. The Labute approximate surface area is 124 Å². The molecule has 21 heavy (non-hydrogen) atoms. The first kappa shape index (κ1) is 18.6. The van der Waals surface area contributed by atoms with Gasteiger partial charge in [-0.2, -0.15) is 0 Å². The van der Waals surface area contributed by atoms with Crippen molar-refractivity contribution in [1.29, 1.82) is 0 Å². The largest absolute Gasteiger partial charge is 0.467 e. The lowest BCUT2D eigenvalue weighted by Crippen LogP contribution is -2.41. The summed E-state index contributed by atoms with van der Waals surface area (Å²) in [7, 11) is 1.26. The lowest BCUT2D eigenvalue weighted by atomic mass is 10.1. The van der Waals surface area contributed by atoms with Crippen molar-refractivity contribution in [1.82, 2.24) is 5.32 Å². The van der Waals surface area contributed by atoms with Crippen LogP contribution in [0.1, 0.15) is 26.8 Å². The molecule has 1 N–H and O–H groups in total. The highest BCUT2D eigenvalue weighted by atomic mass is 16.5. The van der Waals surface area contributed by atoms with Gasteiger partial charge in [-0.15, -0.1) is 0 Å². The molecule has 1 atom stereocenters. The lowest BCUT2D eigenvalue weighted by molar-refractivity contribution is -0.144. The zero-order valence-corrected chi connectivity index (χ0v) is 11.6. The molecular weight excluding hydrogens is 274 g/mol. The summed E-state index contributed by atoms with van der Waals surface area (Å²) in [6.07, 6.45) is 0.298. The van der Waals surface area contributed by atoms with Gasteiger partial charge in [0.2, 0.25) is 5.91 Å². The molecule has 1 amide bonds. The molecule has 0 radical (unpaired) electrons. The number of rotatable bonds is 5. The maximum atomic E-state index is 11.6. The molecule has 0 aliphatic heterocycles. The molecule has 0 saturated heterocycles. The number of esters is 2. The summed E-state index contributed by atoms with van der Waals surface area (Å²) in [5.41, 5.74) is 0.810. The molecule has 0 spiro atoms. The summed E-state index contributed by atoms with van der Waals surface area (Å²) in [5, 5.41) is 2.53. The van der Waals surface area contributed by atoms with E-state index < -0.39 is 18.0 Å². The van der Waals surface area contributed by atoms with Crippen LogP contribution in [-0.2, 0) is 25.5 Å². The minimum atomic E-state index is -0.739. The third kappa shape index (κ3) is 6.56. The first-order chi connectivity index (χ1) is 9.42. The van der Waals surface area contributed by atoms with Gasteiger partial charge in [0.15, 0.2) is 0 Å². The van der Waals surface area contributed by atoms with Crippen LogP contribution in [0.2, 0.25) is 0 Å². The van der Waals surface area contributed by atoms with Crippen LogP contribution in [0, 0.1) is 0 Å². The quantitative estimate of drug-likeness (QED) is 0.657. The van der Waals surface area contributed by atoms with Crippen LogP contribution < -0.4 is 10.1 Å². The minimum Gasteiger partial charge on any atom is -0.467 e. The molecule has 0 aliphatic rings. The molecule has 0 bridgehead atoms. The predicted octanol–water partition coefficient (Wildman–Crippen LogP) is 1.47. The molecule has 1 aromatic carbocycles. The zero-order chi connectivity index (χ0) is 15.1. The molecule has 0 saturated carbocycles. The van der Waals surface area contributed by atoms with Crippen molar-refractivity contribution in [2.75, 3.05) is 7.11 Å². The van der Waals surface area contributed by atoms with Crippen LogP contribution in [0.25, 0.3) is 0 Å². The molecule has 0 heterocycles. The maximum absolute atomic E-state index is 11.6. The van der Waals surface area contributed by atoms with Gasteiger partial charge in [0, 0.05) is 20.3 Å². The fraction of sp³-hybridized carbons (Fsp3) is 0.400. The molecule has 0 fully saturated rings. The number of carbonyl (C=O) groups is 3. The standard InChI is InChI=1S/C14H17NO5.CH4/c1-9(16)15-13(14(18)19-3)8-11-4-6-12(7-5-11)20-10(2)17;/h4-7,13H,8H2,1-3H3,(H,15,16);1H4. The number of carbonyl (C=O) groups excluding carboxylic acids is 3. The van der Waals surface area contributed by atoms with Crippen molar-refractivity contribution < 1.29 is 23.9 Å². The second-order valence-corrected chi connectivity index (χ2v) is 4.22. The first-order valence-electron chi connectivity index (χ1n) is 6.04. The van der Waals surface area contributed by atoms with Crippen LogP contribution >= 0.6 is 0 Å². The number of hydrogen-bond donors (Lipinski definition) is 1. The van der Waals surface area contributed by atoms with Crippen molar-refractivity contribution in [3.63, 3.8) is 0 Å². The summed E-state index contributed by atoms with van der Waals surface area (Å²) in [5.74, 6) is -0.792. The average molecular weight is 295 g/mol. The molecule has 1 unspecified atom stereocenters. The van der Waals surface area contributed by atoms with Crippen LogP contribution in [0.15, 0.2) is 24.3 Å². The second-order valence-electron chi connectivity index (χ2n) is 4.22. The molecular formula is C15H21NO5. The Hall–Kier alpha value is -2.37. The molecule has 1 rings (SSSR count). The van der Waals surface area contributed by atoms with Crippen molar-refractivity contribution in [3.05, 3.63) is 29.8 Å². The van der Waals surface area contributed by atoms with Gasteiger partial charge in [-0.05, 0) is 17.7 Å². The maximum Gasteiger partial charge on any atom is 0.328 e. The lowest BCUT2D eigenvalue weighted by Gasteiger charge is -2.15. The molecule has 0 aromatic heterocycles. The van der Waals surface area contributed by atoms with Gasteiger partial charge in [-0.3, -0.25) is 9.59 Å². The fourth-order valence-corrected chi connectivity index (χ4v) is 1.68. The van der Waals surface area contributed by atoms with E-state index in [-0.39, 0.29) is 13.3 Å². The molecule has 6 heteroatoms. The van der Waals surface area contributed by atoms with Crippen LogP contribution in [0.3, 0.4) is 0 Å². The van der Waals surface area contributed by atoms with Crippen molar-refractivity contribution in [3.8, 4) is 5.75 Å². The first-order valence-corrected chi connectivity index (χ1v) is 6.04. The summed E-state index contributed by atoms with van der Waals surface area (Å²) >= 11 is 0. The molecule has 0 aliphatic carbocycles. The van der Waals surface area contributed by atoms with Gasteiger partial charge in [-0.25, -0.2) is 4.79 Å². The predicted molar refractivity (Wildman–Crippen MR) is 77.8 cm³/mol. The Morgan fingerprint density at radius 3 is 2.14 bits per heavy atom. The highest BCUT2D eigenvalue weighted by Crippen LogP contribution is 2.14. The van der Waals surface area contributed by atoms with Crippen LogP contribution in [0.5, 0.6) is 5.75 Å². The Morgan fingerprint density at radius 1 is 1.14 bits per heavy atom. The number of amides is 1. The van der Waals surface area contributed by atoms with E-state index >= 15 is 0 Å². The fourth-order valence-electron chi connectivity index (χ4n) is 1.68. The summed E-state index contributed by atoms with van der Waals surface area (Å²) in [6.45, 7) is 2.65. The monoisotopic (exact) mass is 295 g/mol. The van der Waals surface area contributed by atoms with Crippen molar-refractivity contribution in [2.24, 2.45) is 0 Å². The topological polar surface area (TPSA) is 81.7 Å². The van der Waals surface area contributed by atoms with E-state index in [9.17, 15) is 14.4 Å². The third-order valence-corrected chi connectivity index (χ3v) is 2.49. The highest BCUT2D eigenvalue weighted by molar-refractivity contribution is 5.83. The van der Waals surface area contributed by atoms with E-state index in [1.54, 1.807) is 24.3 Å². The van der Waals surface area contributed by atoms with Gasteiger partial charge in [-0.1, -0.05) is 19.6 Å². The van der Waals surface area contributed by atoms with Gasteiger partial charge >= 0.3 is 11.9 Å². The van der Waals surface area contributed by atoms with Gasteiger partial charge in [0.25, 0.3) is 0 Å². The van der Waals surface area contributed by atoms with E-state index in [4.69, 9.17) is 4.74 Å². The van der Waals surface area contributed by atoms with E-state index in [0.717, 1.165) is 5.56 Å². The van der Waals surface area contributed by atoms with Crippen LogP contribution in [-0.4, -0.2) is 31.0 Å². The highest BCUT2D eigenvalue weighted by Gasteiger charge is 2.20. The summed E-state index contributed by atoms with van der Waals surface area (Å²) in [6, 6.07) is 5.95. The van der Waals surface area contributed by atoms with Gasteiger partial charge in [0.05, 0.1) is 7.11 Å². The zero-order valence-electron chi connectivity index (χ0n) is 11.6. The Balaban J connectivity index is 0.00000400.